The van der Waals surface area contributed by atoms with E-state index in [0.717, 1.165) is 18.7 Å². The molecule has 0 unspecified atom stereocenters. The highest BCUT2D eigenvalue weighted by molar-refractivity contribution is 6.30. The van der Waals surface area contributed by atoms with Crippen molar-refractivity contribution in [2.24, 2.45) is 5.92 Å². The van der Waals surface area contributed by atoms with E-state index in [4.69, 9.17) is 27.9 Å². The molecule has 3 nitrogen and oxygen atoms in total. The number of rotatable bonds is 4. The average Bonchev–Trinajstić information content (AvgIpc) is 3.02. The largest absolute Gasteiger partial charge is 0.474 e. The molecule has 0 radical (unpaired) electrons. The summed E-state index contributed by atoms with van der Waals surface area (Å²) in [7, 11) is 0. The van der Waals surface area contributed by atoms with Crippen molar-refractivity contribution >= 4 is 23.2 Å². The third kappa shape index (κ3) is 3.77. The molecule has 2 heterocycles. The van der Waals surface area contributed by atoms with Crippen LogP contribution >= 0.6 is 23.2 Å². The van der Waals surface area contributed by atoms with E-state index in [1.165, 1.54) is 6.07 Å². The molecule has 2 aromatic rings. The van der Waals surface area contributed by atoms with Gasteiger partial charge in [0.1, 0.15) is 11.9 Å². The van der Waals surface area contributed by atoms with E-state index in [-0.39, 0.29) is 23.0 Å². The van der Waals surface area contributed by atoms with Crippen LogP contribution in [0.15, 0.2) is 36.5 Å². The summed E-state index contributed by atoms with van der Waals surface area (Å²) in [6.45, 7) is 3.66. The first-order valence-electron chi connectivity index (χ1n) is 7.48. The van der Waals surface area contributed by atoms with E-state index in [1.54, 1.807) is 30.5 Å². The molecule has 1 fully saturated rings. The van der Waals surface area contributed by atoms with Gasteiger partial charge in [0.15, 0.2) is 0 Å². The zero-order chi connectivity index (χ0) is 16.4. The van der Waals surface area contributed by atoms with Crippen LogP contribution in [0, 0.1) is 11.7 Å². The van der Waals surface area contributed by atoms with E-state index in [9.17, 15) is 4.39 Å². The van der Waals surface area contributed by atoms with Gasteiger partial charge in [-0.15, -0.1) is 0 Å². The monoisotopic (exact) mass is 354 g/mol. The predicted octanol–water partition coefficient (Wildman–Crippen LogP) is 4.30. The molecule has 0 amide bonds. The molecular weight excluding hydrogens is 338 g/mol. The Labute approximate surface area is 144 Å². The van der Waals surface area contributed by atoms with Crippen LogP contribution in [0.2, 0.25) is 10.0 Å². The SMILES string of the molecule is C[C@H](Oc1ccc(Cl)cn1)[C@H]1CNC[C@@H]1c1ccc(F)c(Cl)c1. The van der Waals surface area contributed by atoms with Gasteiger partial charge in [-0.25, -0.2) is 9.37 Å². The molecule has 1 aliphatic heterocycles. The molecule has 122 valence electrons. The van der Waals surface area contributed by atoms with Crippen molar-refractivity contribution in [3.8, 4) is 5.88 Å². The highest BCUT2D eigenvalue weighted by atomic mass is 35.5. The summed E-state index contributed by atoms with van der Waals surface area (Å²) >= 11 is 11.7. The molecule has 23 heavy (non-hydrogen) atoms. The maximum absolute atomic E-state index is 13.4. The summed E-state index contributed by atoms with van der Waals surface area (Å²) in [5, 5.41) is 4.10. The summed E-state index contributed by atoms with van der Waals surface area (Å²) in [6.07, 6.45) is 1.51. The molecule has 1 aromatic heterocycles. The number of benzene rings is 1. The zero-order valence-electron chi connectivity index (χ0n) is 12.6. The summed E-state index contributed by atoms with van der Waals surface area (Å²) < 4.78 is 19.3. The van der Waals surface area contributed by atoms with Gasteiger partial charge in [-0.3, -0.25) is 0 Å². The zero-order valence-corrected chi connectivity index (χ0v) is 14.1. The topological polar surface area (TPSA) is 34.1 Å². The number of nitrogens with one attached hydrogen (secondary N) is 1. The van der Waals surface area contributed by atoms with Gasteiger partial charge < -0.3 is 10.1 Å². The predicted molar refractivity (Wildman–Crippen MR) is 89.8 cm³/mol. The van der Waals surface area contributed by atoms with E-state index >= 15 is 0 Å². The Hall–Kier alpha value is -1.36. The molecule has 0 aliphatic carbocycles. The second-order valence-electron chi connectivity index (χ2n) is 5.74. The lowest BCUT2D eigenvalue weighted by Gasteiger charge is -2.25. The average molecular weight is 355 g/mol. The molecule has 1 saturated heterocycles. The Balaban J connectivity index is 1.75. The second-order valence-corrected chi connectivity index (χ2v) is 6.58. The van der Waals surface area contributed by atoms with Crippen LogP contribution in [0.25, 0.3) is 0 Å². The Morgan fingerprint density at radius 1 is 1.26 bits per heavy atom. The summed E-state index contributed by atoms with van der Waals surface area (Å²) in [6, 6.07) is 8.42. The number of hydrogen-bond acceptors (Lipinski definition) is 3. The summed E-state index contributed by atoms with van der Waals surface area (Å²) in [5.74, 6) is 0.613. The first-order chi connectivity index (χ1) is 11.0. The number of nitrogens with zero attached hydrogens (tertiary/aromatic N) is 1. The van der Waals surface area contributed by atoms with Crippen molar-refractivity contribution in [3.05, 3.63) is 58.0 Å². The standard InChI is InChI=1S/C17H17Cl2FN2O/c1-10(23-17-5-3-12(18)7-22-17)13-8-21-9-14(13)11-2-4-16(20)15(19)6-11/h2-7,10,13-14,21H,8-9H2,1H3/t10-,13+,14+/m0/s1. The molecule has 0 saturated carbocycles. The van der Waals surface area contributed by atoms with Crippen molar-refractivity contribution in [2.45, 2.75) is 18.9 Å². The Kier molecular flexibility index (Phi) is 5.05. The van der Waals surface area contributed by atoms with Crippen LogP contribution < -0.4 is 10.1 Å². The molecule has 1 aromatic carbocycles. The number of hydrogen-bond donors (Lipinski definition) is 1. The van der Waals surface area contributed by atoms with Gasteiger partial charge in [-0.1, -0.05) is 29.3 Å². The van der Waals surface area contributed by atoms with Crippen molar-refractivity contribution in [1.82, 2.24) is 10.3 Å². The minimum absolute atomic E-state index is 0.0486. The fourth-order valence-corrected chi connectivity index (χ4v) is 3.31. The van der Waals surface area contributed by atoms with Crippen LogP contribution in [0.1, 0.15) is 18.4 Å². The molecular formula is C17H17Cl2FN2O. The van der Waals surface area contributed by atoms with Crippen LogP contribution in [0.5, 0.6) is 5.88 Å². The van der Waals surface area contributed by atoms with Gasteiger partial charge in [0.25, 0.3) is 0 Å². The maximum atomic E-state index is 13.4. The molecule has 3 rings (SSSR count). The van der Waals surface area contributed by atoms with Crippen molar-refractivity contribution in [2.75, 3.05) is 13.1 Å². The molecule has 0 spiro atoms. The van der Waals surface area contributed by atoms with E-state index in [0.29, 0.717) is 10.9 Å². The third-order valence-electron chi connectivity index (χ3n) is 4.24. The minimum atomic E-state index is -0.396. The lowest BCUT2D eigenvalue weighted by Crippen LogP contribution is -2.29. The third-order valence-corrected chi connectivity index (χ3v) is 4.76. The molecule has 1 aliphatic rings. The smallest absolute Gasteiger partial charge is 0.213 e. The van der Waals surface area contributed by atoms with E-state index in [1.807, 2.05) is 6.92 Å². The van der Waals surface area contributed by atoms with Gasteiger partial charge in [0.2, 0.25) is 5.88 Å². The highest BCUT2D eigenvalue weighted by Gasteiger charge is 2.34. The lowest BCUT2D eigenvalue weighted by atomic mass is 9.85. The quantitative estimate of drug-likeness (QED) is 0.888. The Bertz CT molecular complexity index is 681. The van der Waals surface area contributed by atoms with E-state index in [2.05, 4.69) is 10.3 Å². The van der Waals surface area contributed by atoms with Crippen molar-refractivity contribution < 1.29 is 9.13 Å². The Morgan fingerprint density at radius 3 is 2.78 bits per heavy atom. The first-order valence-corrected chi connectivity index (χ1v) is 8.24. The fraction of sp³-hybridized carbons (Fsp3) is 0.353. The number of halogens is 3. The van der Waals surface area contributed by atoms with Crippen LogP contribution in [0.3, 0.4) is 0 Å². The maximum Gasteiger partial charge on any atom is 0.213 e. The van der Waals surface area contributed by atoms with Crippen molar-refractivity contribution in [1.29, 1.82) is 0 Å². The van der Waals surface area contributed by atoms with Crippen molar-refractivity contribution in [3.63, 3.8) is 0 Å². The van der Waals surface area contributed by atoms with Gasteiger partial charge >= 0.3 is 0 Å². The molecule has 0 bridgehead atoms. The summed E-state index contributed by atoms with van der Waals surface area (Å²) in [5.41, 5.74) is 1.02. The van der Waals surface area contributed by atoms with Crippen LogP contribution in [-0.4, -0.2) is 24.2 Å². The molecule has 3 atom stereocenters. The van der Waals surface area contributed by atoms with Gasteiger partial charge in [-0.2, -0.15) is 0 Å². The Morgan fingerprint density at radius 2 is 2.09 bits per heavy atom. The number of aromatic nitrogens is 1. The van der Waals surface area contributed by atoms with Gasteiger partial charge in [0, 0.05) is 37.2 Å². The minimum Gasteiger partial charge on any atom is -0.474 e. The number of ether oxygens (including phenoxy) is 1. The summed E-state index contributed by atoms with van der Waals surface area (Å²) in [4.78, 5) is 4.17. The first kappa shape index (κ1) is 16.5. The van der Waals surface area contributed by atoms with E-state index < -0.39 is 5.82 Å². The van der Waals surface area contributed by atoms with Crippen LogP contribution in [0.4, 0.5) is 4.39 Å². The second kappa shape index (κ2) is 7.04. The van der Waals surface area contributed by atoms with Gasteiger partial charge in [0.05, 0.1) is 10.0 Å². The fourth-order valence-electron chi connectivity index (χ4n) is 3.01. The lowest BCUT2D eigenvalue weighted by molar-refractivity contribution is 0.145. The highest BCUT2D eigenvalue weighted by Crippen LogP contribution is 2.33. The normalized spacial score (nSPS) is 22.1. The molecule has 1 N–H and O–H groups in total. The molecule has 6 heteroatoms. The van der Waals surface area contributed by atoms with Gasteiger partial charge in [-0.05, 0) is 30.7 Å². The van der Waals surface area contributed by atoms with Crippen LogP contribution in [-0.2, 0) is 0 Å². The number of pyridine rings is 1.